The molecule has 0 aliphatic heterocycles. The molecule has 29 heavy (non-hydrogen) atoms. The molecular weight excluding hydrogens is 388 g/mol. The summed E-state index contributed by atoms with van der Waals surface area (Å²) >= 11 is 1.52. The van der Waals surface area contributed by atoms with Crippen molar-refractivity contribution in [2.75, 3.05) is 0 Å². The Morgan fingerprint density at radius 3 is 2.76 bits per heavy atom. The second-order valence-corrected chi connectivity index (χ2v) is 8.14. The highest BCUT2D eigenvalue weighted by atomic mass is 32.1. The first-order chi connectivity index (χ1) is 14.2. The van der Waals surface area contributed by atoms with E-state index in [-0.39, 0.29) is 18.2 Å². The highest BCUT2D eigenvalue weighted by Gasteiger charge is 2.17. The summed E-state index contributed by atoms with van der Waals surface area (Å²) in [5.74, 6) is 0.288. The minimum absolute atomic E-state index is 0.137. The minimum atomic E-state index is -0.309. The maximum Gasteiger partial charge on any atom is 0.279 e. The van der Waals surface area contributed by atoms with Crippen LogP contribution in [0.4, 0.5) is 0 Å². The number of amides is 2. The van der Waals surface area contributed by atoms with Crippen LogP contribution in [0.5, 0.6) is 0 Å². The molecule has 1 aliphatic rings. The van der Waals surface area contributed by atoms with Gasteiger partial charge in [0.15, 0.2) is 0 Å². The first kappa shape index (κ1) is 19.3. The normalized spacial score (nSPS) is 13.4. The van der Waals surface area contributed by atoms with Gasteiger partial charge in [-0.15, -0.1) is 11.3 Å². The molecule has 3 aromatic rings. The van der Waals surface area contributed by atoms with Crippen LogP contribution in [-0.4, -0.2) is 22.0 Å². The van der Waals surface area contributed by atoms with E-state index in [1.54, 1.807) is 0 Å². The Morgan fingerprint density at radius 1 is 1.07 bits per heavy atom. The van der Waals surface area contributed by atoms with E-state index in [4.69, 9.17) is 4.52 Å². The van der Waals surface area contributed by atoms with Gasteiger partial charge < -0.3 is 4.52 Å². The van der Waals surface area contributed by atoms with Gasteiger partial charge in [0.25, 0.3) is 5.91 Å². The monoisotopic (exact) mass is 410 g/mol. The third-order valence-corrected chi connectivity index (χ3v) is 6.09. The molecule has 0 saturated carbocycles. The van der Waals surface area contributed by atoms with E-state index < -0.39 is 0 Å². The molecule has 2 heterocycles. The fourth-order valence-electron chi connectivity index (χ4n) is 3.31. The molecule has 0 spiro atoms. The zero-order chi connectivity index (χ0) is 20.1. The number of aryl methyl sites for hydroxylation is 3. The molecule has 2 aromatic heterocycles. The zero-order valence-corrected chi connectivity index (χ0v) is 16.8. The van der Waals surface area contributed by atoms with Crippen molar-refractivity contribution in [1.82, 2.24) is 21.0 Å². The predicted octanol–water partition coefficient (Wildman–Crippen LogP) is 3.46. The van der Waals surface area contributed by atoms with E-state index in [1.807, 2.05) is 36.4 Å². The number of aromatic nitrogens is 2. The summed E-state index contributed by atoms with van der Waals surface area (Å²) in [6.45, 7) is 0. The van der Waals surface area contributed by atoms with Crippen LogP contribution in [0.2, 0.25) is 0 Å². The largest absolute Gasteiger partial charge is 0.339 e. The highest BCUT2D eigenvalue weighted by Crippen LogP contribution is 2.28. The predicted molar refractivity (Wildman–Crippen MR) is 109 cm³/mol. The van der Waals surface area contributed by atoms with Gasteiger partial charge in [-0.1, -0.05) is 41.9 Å². The molecule has 2 amide bonds. The topological polar surface area (TPSA) is 97.1 Å². The Kier molecular flexibility index (Phi) is 6.00. The van der Waals surface area contributed by atoms with Gasteiger partial charge in [-0.05, 0) is 37.3 Å². The lowest BCUT2D eigenvalue weighted by Gasteiger charge is -2.05. The second-order valence-electron chi connectivity index (χ2n) is 7.00. The molecule has 0 bridgehead atoms. The van der Waals surface area contributed by atoms with Crippen molar-refractivity contribution in [3.63, 3.8) is 0 Å². The number of rotatable bonds is 5. The lowest BCUT2D eigenvalue weighted by Crippen LogP contribution is -2.41. The van der Waals surface area contributed by atoms with Gasteiger partial charge in [0.1, 0.15) is 0 Å². The summed E-state index contributed by atoms with van der Waals surface area (Å²) in [6.07, 6.45) is 6.09. The number of carbonyl (C=O) groups is 2. The SMILES string of the molecule is O=C(CCc1nc(-c2ccccc2)no1)NNC(=O)c1cc2c(s1)CCCCC2. The van der Waals surface area contributed by atoms with Crippen molar-refractivity contribution in [2.24, 2.45) is 0 Å². The van der Waals surface area contributed by atoms with Crippen molar-refractivity contribution < 1.29 is 14.1 Å². The number of thiophene rings is 1. The van der Waals surface area contributed by atoms with Crippen LogP contribution in [0.25, 0.3) is 11.4 Å². The van der Waals surface area contributed by atoms with E-state index in [2.05, 4.69) is 21.0 Å². The number of nitrogens with one attached hydrogen (secondary N) is 2. The molecule has 0 radical (unpaired) electrons. The standard InChI is InChI=1S/C21H22N4O3S/c26-18(11-12-19-22-20(25-28-19)14-7-3-1-4-8-14)23-24-21(27)17-13-15-9-5-2-6-10-16(15)29-17/h1,3-4,7-8,13H,2,5-6,9-12H2,(H,23,26)(H,24,27). The Labute approximate surface area is 172 Å². The Balaban J connectivity index is 1.25. The molecule has 0 saturated heterocycles. The molecule has 1 aromatic carbocycles. The lowest BCUT2D eigenvalue weighted by molar-refractivity contribution is -0.121. The summed E-state index contributed by atoms with van der Waals surface area (Å²) in [5.41, 5.74) is 7.08. The number of hydrazine groups is 1. The molecule has 1 aliphatic carbocycles. The van der Waals surface area contributed by atoms with Gasteiger partial charge in [-0.3, -0.25) is 20.4 Å². The summed E-state index contributed by atoms with van der Waals surface area (Å²) < 4.78 is 5.19. The average Bonchev–Trinajstić information content (AvgIpc) is 3.33. The Morgan fingerprint density at radius 2 is 1.90 bits per heavy atom. The van der Waals surface area contributed by atoms with Crippen LogP contribution in [-0.2, 0) is 24.1 Å². The maximum absolute atomic E-state index is 12.3. The van der Waals surface area contributed by atoms with Crippen molar-refractivity contribution in [3.05, 3.63) is 57.6 Å². The van der Waals surface area contributed by atoms with Gasteiger partial charge in [-0.25, -0.2) is 0 Å². The molecule has 150 valence electrons. The fourth-order valence-corrected chi connectivity index (χ4v) is 4.46. The third-order valence-electron chi connectivity index (χ3n) is 4.85. The van der Waals surface area contributed by atoms with Gasteiger partial charge in [0.05, 0.1) is 4.88 Å². The lowest BCUT2D eigenvalue weighted by atomic mass is 10.1. The van der Waals surface area contributed by atoms with Gasteiger partial charge in [-0.2, -0.15) is 4.98 Å². The van der Waals surface area contributed by atoms with Crippen LogP contribution in [0.3, 0.4) is 0 Å². The minimum Gasteiger partial charge on any atom is -0.339 e. The van der Waals surface area contributed by atoms with Crippen LogP contribution < -0.4 is 10.9 Å². The quantitative estimate of drug-likeness (QED) is 0.496. The smallest absolute Gasteiger partial charge is 0.279 e. The van der Waals surface area contributed by atoms with Crippen LogP contribution >= 0.6 is 11.3 Å². The first-order valence-electron chi connectivity index (χ1n) is 9.78. The molecular formula is C21H22N4O3S. The highest BCUT2D eigenvalue weighted by molar-refractivity contribution is 7.14. The van der Waals surface area contributed by atoms with Gasteiger partial charge in [0, 0.05) is 23.3 Å². The number of fused-ring (bicyclic) bond motifs is 1. The number of nitrogens with zero attached hydrogens (tertiary/aromatic N) is 2. The number of carbonyl (C=O) groups excluding carboxylic acids is 2. The van der Waals surface area contributed by atoms with Crippen LogP contribution in [0, 0.1) is 0 Å². The van der Waals surface area contributed by atoms with Crippen molar-refractivity contribution in [3.8, 4) is 11.4 Å². The second kappa shape index (κ2) is 9.00. The van der Waals surface area contributed by atoms with Gasteiger partial charge >= 0.3 is 0 Å². The van der Waals surface area contributed by atoms with Crippen molar-refractivity contribution in [1.29, 1.82) is 0 Å². The Bertz CT molecular complexity index is 973. The molecule has 7 nitrogen and oxygen atoms in total. The molecule has 2 N–H and O–H groups in total. The summed E-state index contributed by atoms with van der Waals surface area (Å²) in [7, 11) is 0. The fraction of sp³-hybridized carbons (Fsp3) is 0.333. The van der Waals surface area contributed by atoms with E-state index >= 15 is 0 Å². The van der Waals surface area contributed by atoms with Gasteiger partial charge in [0.2, 0.25) is 17.6 Å². The summed E-state index contributed by atoms with van der Waals surface area (Å²) in [6, 6.07) is 11.4. The Hall–Kier alpha value is -3.00. The number of hydrogen-bond acceptors (Lipinski definition) is 6. The van der Waals surface area contributed by atoms with E-state index in [9.17, 15) is 9.59 Å². The van der Waals surface area contributed by atoms with Crippen LogP contribution in [0.1, 0.15) is 51.7 Å². The average molecular weight is 410 g/mol. The third kappa shape index (κ3) is 4.89. The van der Waals surface area contributed by atoms with Crippen molar-refractivity contribution in [2.45, 2.75) is 44.9 Å². The summed E-state index contributed by atoms with van der Waals surface area (Å²) in [4.78, 5) is 30.6. The number of benzene rings is 1. The van der Waals surface area contributed by atoms with Crippen LogP contribution in [0.15, 0.2) is 40.9 Å². The van der Waals surface area contributed by atoms with E-state index in [1.165, 1.54) is 41.0 Å². The van der Waals surface area contributed by atoms with E-state index in [0.717, 1.165) is 18.4 Å². The molecule has 0 fully saturated rings. The molecule has 8 heteroatoms. The molecule has 4 rings (SSSR count). The zero-order valence-electron chi connectivity index (χ0n) is 15.9. The van der Waals surface area contributed by atoms with E-state index in [0.29, 0.717) is 23.0 Å². The summed E-state index contributed by atoms with van der Waals surface area (Å²) in [5, 5.41) is 3.93. The molecule has 0 unspecified atom stereocenters. The van der Waals surface area contributed by atoms with Crippen molar-refractivity contribution >= 4 is 23.2 Å². The molecule has 0 atom stereocenters. The first-order valence-corrected chi connectivity index (χ1v) is 10.6. The number of hydrogen-bond donors (Lipinski definition) is 2. The maximum atomic E-state index is 12.3.